The van der Waals surface area contributed by atoms with Crippen LogP contribution in [0.3, 0.4) is 0 Å². The van der Waals surface area contributed by atoms with E-state index in [4.69, 9.17) is 10.8 Å². The number of hydrogen-bond donors (Lipinski definition) is 2. The summed E-state index contributed by atoms with van der Waals surface area (Å²) in [4.78, 5) is 25.0. The predicted molar refractivity (Wildman–Crippen MR) is 71.0 cm³/mol. The summed E-state index contributed by atoms with van der Waals surface area (Å²) in [5.74, 6) is -0.369. The Balaban J connectivity index is 2.62. The van der Waals surface area contributed by atoms with Crippen LogP contribution in [-0.4, -0.2) is 40.1 Å². The Labute approximate surface area is 109 Å². The van der Waals surface area contributed by atoms with Gasteiger partial charge in [0.25, 0.3) is 0 Å². The molecule has 0 fully saturated rings. The van der Waals surface area contributed by atoms with Gasteiger partial charge in [-0.2, -0.15) is 15.0 Å². The van der Waals surface area contributed by atoms with Gasteiger partial charge >= 0.3 is 5.97 Å². The fraction of sp³-hybridized carbons (Fsp3) is 0.167. The minimum atomic E-state index is -1.04. The second-order valence-electron chi connectivity index (χ2n) is 4.06. The third-order valence-electron chi connectivity index (χ3n) is 2.44. The fourth-order valence-corrected chi connectivity index (χ4v) is 1.57. The van der Waals surface area contributed by atoms with Crippen LogP contribution in [0, 0.1) is 0 Å². The van der Waals surface area contributed by atoms with Crippen molar-refractivity contribution < 1.29 is 9.90 Å². The number of carboxylic acids is 1. The van der Waals surface area contributed by atoms with Crippen molar-refractivity contribution in [3.05, 3.63) is 29.8 Å². The Kier molecular flexibility index (Phi) is 3.28. The largest absolute Gasteiger partial charge is 0.478 e. The summed E-state index contributed by atoms with van der Waals surface area (Å²) in [5, 5.41) is 9.16. The molecule has 0 saturated carbocycles. The van der Waals surface area contributed by atoms with Gasteiger partial charge in [-0.1, -0.05) is 18.2 Å². The van der Waals surface area contributed by atoms with Gasteiger partial charge in [0.1, 0.15) is 0 Å². The van der Waals surface area contributed by atoms with Crippen LogP contribution < -0.4 is 10.6 Å². The van der Waals surface area contributed by atoms with E-state index < -0.39 is 5.97 Å². The quantitative estimate of drug-likeness (QED) is 0.842. The number of carboxylic acid groups (broad SMARTS) is 1. The lowest BCUT2D eigenvalue weighted by Crippen LogP contribution is -2.15. The molecule has 1 aromatic heterocycles. The molecule has 2 aromatic rings. The zero-order valence-electron chi connectivity index (χ0n) is 10.5. The number of hydrogen-bond acceptors (Lipinski definition) is 6. The third-order valence-corrected chi connectivity index (χ3v) is 2.44. The minimum absolute atomic E-state index is 0.0499. The predicted octanol–water partition coefficient (Wildman–Crippen LogP) is 0.885. The summed E-state index contributed by atoms with van der Waals surface area (Å²) >= 11 is 0. The Morgan fingerprint density at radius 3 is 2.53 bits per heavy atom. The molecule has 1 heterocycles. The number of aromatic nitrogens is 3. The molecule has 0 saturated heterocycles. The van der Waals surface area contributed by atoms with Crippen molar-refractivity contribution in [1.29, 1.82) is 0 Å². The highest BCUT2D eigenvalue weighted by molar-refractivity contribution is 5.95. The topological polar surface area (TPSA) is 105 Å². The monoisotopic (exact) mass is 259 g/mol. The first-order valence-corrected chi connectivity index (χ1v) is 5.50. The summed E-state index contributed by atoms with van der Waals surface area (Å²) in [5.41, 5.74) is 6.16. The first-order valence-electron chi connectivity index (χ1n) is 5.50. The molecule has 0 atom stereocenters. The smallest absolute Gasteiger partial charge is 0.336 e. The maximum absolute atomic E-state index is 11.2. The lowest BCUT2D eigenvalue weighted by Gasteiger charge is -2.12. The Bertz CT molecular complexity index is 627. The van der Waals surface area contributed by atoms with E-state index >= 15 is 0 Å². The molecule has 1 aromatic carbocycles. The van der Waals surface area contributed by atoms with E-state index in [1.807, 2.05) is 0 Å². The Hall–Kier alpha value is -2.70. The van der Waals surface area contributed by atoms with E-state index in [0.29, 0.717) is 11.5 Å². The second kappa shape index (κ2) is 4.89. The van der Waals surface area contributed by atoms with Crippen LogP contribution in [0.25, 0.3) is 11.4 Å². The van der Waals surface area contributed by atoms with Crippen molar-refractivity contribution in [3.63, 3.8) is 0 Å². The van der Waals surface area contributed by atoms with Crippen LogP contribution >= 0.6 is 0 Å². The first kappa shape index (κ1) is 12.7. The van der Waals surface area contributed by atoms with E-state index in [2.05, 4.69) is 15.0 Å². The highest BCUT2D eigenvalue weighted by Gasteiger charge is 2.15. The number of benzene rings is 1. The standard InChI is InChI=1S/C12H13N5O2/c1-17(2)12-15-9(14-11(13)16-12)7-5-3-4-6-8(7)10(18)19/h3-6H,1-2H3,(H,18,19)(H2,13,14,15,16). The van der Waals surface area contributed by atoms with Crippen molar-refractivity contribution in [2.75, 3.05) is 24.7 Å². The zero-order valence-corrected chi connectivity index (χ0v) is 10.5. The van der Waals surface area contributed by atoms with Crippen LogP contribution in [0.5, 0.6) is 0 Å². The molecular formula is C12H13N5O2. The van der Waals surface area contributed by atoms with Crippen molar-refractivity contribution in [1.82, 2.24) is 15.0 Å². The number of nitrogens with zero attached hydrogens (tertiary/aromatic N) is 4. The summed E-state index contributed by atoms with van der Waals surface area (Å²) in [6.07, 6.45) is 0. The average molecular weight is 259 g/mol. The molecule has 0 aliphatic carbocycles. The molecule has 7 heteroatoms. The van der Waals surface area contributed by atoms with Gasteiger partial charge in [0.05, 0.1) is 5.56 Å². The minimum Gasteiger partial charge on any atom is -0.478 e. The number of rotatable bonds is 3. The van der Waals surface area contributed by atoms with Gasteiger partial charge in [0.15, 0.2) is 5.82 Å². The van der Waals surface area contributed by atoms with Crippen LogP contribution in [-0.2, 0) is 0 Å². The molecular weight excluding hydrogens is 246 g/mol. The molecule has 0 aliphatic heterocycles. The van der Waals surface area contributed by atoms with Crippen LogP contribution in [0.4, 0.5) is 11.9 Å². The first-order chi connectivity index (χ1) is 8.99. The molecule has 0 radical (unpaired) electrons. The van der Waals surface area contributed by atoms with Gasteiger partial charge in [-0.25, -0.2) is 4.79 Å². The van der Waals surface area contributed by atoms with Gasteiger partial charge in [-0.15, -0.1) is 0 Å². The molecule has 0 aliphatic rings. The molecule has 7 nitrogen and oxygen atoms in total. The molecule has 3 N–H and O–H groups in total. The lowest BCUT2D eigenvalue weighted by molar-refractivity contribution is 0.0697. The maximum Gasteiger partial charge on any atom is 0.336 e. The molecule has 19 heavy (non-hydrogen) atoms. The van der Waals surface area contributed by atoms with Gasteiger partial charge in [0, 0.05) is 19.7 Å². The molecule has 0 unspecified atom stereocenters. The molecule has 0 amide bonds. The number of nitrogens with two attached hydrogens (primary N) is 1. The van der Waals surface area contributed by atoms with Gasteiger partial charge < -0.3 is 15.7 Å². The van der Waals surface area contributed by atoms with E-state index in [9.17, 15) is 4.79 Å². The molecule has 2 rings (SSSR count). The fourth-order valence-electron chi connectivity index (χ4n) is 1.57. The van der Waals surface area contributed by atoms with Crippen molar-refractivity contribution in [2.45, 2.75) is 0 Å². The van der Waals surface area contributed by atoms with Gasteiger partial charge in [-0.3, -0.25) is 0 Å². The highest BCUT2D eigenvalue weighted by Crippen LogP contribution is 2.22. The Morgan fingerprint density at radius 1 is 1.21 bits per heavy atom. The SMILES string of the molecule is CN(C)c1nc(N)nc(-c2ccccc2C(=O)O)n1. The third kappa shape index (κ3) is 2.59. The Morgan fingerprint density at radius 2 is 1.89 bits per heavy atom. The lowest BCUT2D eigenvalue weighted by atomic mass is 10.1. The van der Waals surface area contributed by atoms with Crippen LogP contribution in [0.2, 0.25) is 0 Å². The van der Waals surface area contributed by atoms with Crippen molar-refractivity contribution in [2.24, 2.45) is 0 Å². The van der Waals surface area contributed by atoms with Gasteiger partial charge in [0.2, 0.25) is 11.9 Å². The highest BCUT2D eigenvalue weighted by atomic mass is 16.4. The molecule has 0 bridgehead atoms. The maximum atomic E-state index is 11.2. The van der Waals surface area contributed by atoms with Crippen LogP contribution in [0.15, 0.2) is 24.3 Å². The van der Waals surface area contributed by atoms with Crippen molar-refractivity contribution in [3.8, 4) is 11.4 Å². The normalized spacial score (nSPS) is 10.2. The summed E-state index contributed by atoms with van der Waals surface area (Å²) in [6.45, 7) is 0. The average Bonchev–Trinajstić information content (AvgIpc) is 2.37. The molecule has 98 valence electrons. The van der Waals surface area contributed by atoms with E-state index in [1.165, 1.54) is 6.07 Å². The van der Waals surface area contributed by atoms with E-state index in [1.54, 1.807) is 37.2 Å². The second-order valence-corrected chi connectivity index (χ2v) is 4.06. The zero-order chi connectivity index (χ0) is 14.0. The van der Waals surface area contributed by atoms with Crippen molar-refractivity contribution >= 4 is 17.9 Å². The number of anilines is 2. The van der Waals surface area contributed by atoms with E-state index in [0.717, 1.165) is 0 Å². The number of aromatic carboxylic acids is 1. The summed E-state index contributed by atoms with van der Waals surface area (Å²) in [7, 11) is 3.53. The number of nitrogen functional groups attached to an aromatic ring is 1. The summed E-state index contributed by atoms with van der Waals surface area (Å²) < 4.78 is 0. The summed E-state index contributed by atoms with van der Waals surface area (Å²) in [6, 6.07) is 6.49. The van der Waals surface area contributed by atoms with Crippen LogP contribution in [0.1, 0.15) is 10.4 Å². The van der Waals surface area contributed by atoms with Gasteiger partial charge in [-0.05, 0) is 6.07 Å². The number of carbonyl (C=O) groups is 1. The van der Waals surface area contributed by atoms with E-state index in [-0.39, 0.29) is 17.3 Å². The molecule has 0 spiro atoms.